The van der Waals surface area contributed by atoms with Crippen molar-refractivity contribution in [2.75, 3.05) is 6.61 Å². The molecular weight excluding hydrogens is 258 g/mol. The third-order valence-electron chi connectivity index (χ3n) is 3.70. The number of hydrogen-bond acceptors (Lipinski definition) is 2. The van der Waals surface area contributed by atoms with E-state index in [0.717, 1.165) is 12.0 Å². The molecule has 21 heavy (non-hydrogen) atoms. The van der Waals surface area contributed by atoms with Crippen LogP contribution in [-0.2, 0) is 0 Å². The molecule has 0 amide bonds. The Balaban J connectivity index is 2.17. The molecule has 0 heterocycles. The highest BCUT2D eigenvalue weighted by atomic mass is 16.3. The number of nitrogens with one attached hydrogen (secondary N) is 1. The van der Waals surface area contributed by atoms with Crippen molar-refractivity contribution < 1.29 is 5.11 Å². The van der Waals surface area contributed by atoms with Crippen LogP contribution in [0.3, 0.4) is 0 Å². The van der Waals surface area contributed by atoms with Gasteiger partial charge in [-0.25, -0.2) is 0 Å². The first-order valence-corrected chi connectivity index (χ1v) is 7.67. The lowest BCUT2D eigenvalue weighted by Crippen LogP contribution is -2.29. The molecule has 0 saturated heterocycles. The van der Waals surface area contributed by atoms with Crippen LogP contribution < -0.4 is 5.32 Å². The largest absolute Gasteiger partial charge is 0.394 e. The second-order valence-electron chi connectivity index (χ2n) is 5.91. The average Bonchev–Trinajstić information content (AvgIpc) is 2.52. The Kier molecular flexibility index (Phi) is 5.97. The summed E-state index contributed by atoms with van der Waals surface area (Å²) in [4.78, 5) is 0. The summed E-state index contributed by atoms with van der Waals surface area (Å²) < 4.78 is 0. The maximum absolute atomic E-state index is 9.75. The molecular formula is C19H25NO. The summed E-state index contributed by atoms with van der Waals surface area (Å²) >= 11 is 0. The van der Waals surface area contributed by atoms with Crippen LogP contribution in [0, 0.1) is 5.92 Å². The lowest BCUT2D eigenvalue weighted by molar-refractivity contribution is 0.227. The summed E-state index contributed by atoms with van der Waals surface area (Å²) in [5.41, 5.74) is 2.41. The fourth-order valence-electron chi connectivity index (χ4n) is 2.64. The molecule has 0 saturated carbocycles. The minimum Gasteiger partial charge on any atom is -0.394 e. The predicted molar refractivity (Wildman–Crippen MR) is 88.0 cm³/mol. The van der Waals surface area contributed by atoms with Gasteiger partial charge in [-0.3, -0.25) is 0 Å². The molecule has 2 heteroatoms. The summed E-state index contributed by atoms with van der Waals surface area (Å²) in [7, 11) is 0. The number of hydrogen-bond donors (Lipinski definition) is 2. The monoisotopic (exact) mass is 283 g/mol. The van der Waals surface area contributed by atoms with Gasteiger partial charge in [-0.05, 0) is 23.5 Å². The van der Waals surface area contributed by atoms with Gasteiger partial charge in [0.05, 0.1) is 12.6 Å². The minimum absolute atomic E-state index is 0.0323. The number of rotatable bonds is 7. The van der Waals surface area contributed by atoms with E-state index < -0.39 is 0 Å². The van der Waals surface area contributed by atoms with Crippen LogP contribution in [0.1, 0.15) is 43.5 Å². The standard InChI is InChI=1S/C19H25NO/c1-15(2)13-18(16-9-5-3-6-10-16)20-19(14-21)17-11-7-4-8-12-17/h3-12,15,18-21H,13-14H2,1-2H3/t18?,19-/m0/s1. The van der Waals surface area contributed by atoms with Gasteiger partial charge in [0.2, 0.25) is 0 Å². The van der Waals surface area contributed by atoms with Gasteiger partial charge in [0.25, 0.3) is 0 Å². The quantitative estimate of drug-likeness (QED) is 0.802. The van der Waals surface area contributed by atoms with E-state index >= 15 is 0 Å². The zero-order chi connectivity index (χ0) is 15.1. The third kappa shape index (κ3) is 4.69. The molecule has 2 aromatic rings. The Labute approximate surface area is 127 Å². The smallest absolute Gasteiger partial charge is 0.0626 e. The molecule has 0 radical (unpaired) electrons. The van der Waals surface area contributed by atoms with Crippen molar-refractivity contribution >= 4 is 0 Å². The van der Waals surface area contributed by atoms with E-state index in [1.54, 1.807) is 0 Å². The maximum atomic E-state index is 9.75. The SMILES string of the molecule is CC(C)CC(N[C@@H](CO)c1ccccc1)c1ccccc1. The van der Waals surface area contributed by atoms with Crippen LogP contribution in [0.15, 0.2) is 60.7 Å². The van der Waals surface area contributed by atoms with Crippen molar-refractivity contribution in [1.82, 2.24) is 5.32 Å². The van der Waals surface area contributed by atoms with Crippen LogP contribution in [0.4, 0.5) is 0 Å². The van der Waals surface area contributed by atoms with Crippen molar-refractivity contribution in [3.05, 3.63) is 71.8 Å². The maximum Gasteiger partial charge on any atom is 0.0626 e. The molecule has 112 valence electrons. The second-order valence-corrected chi connectivity index (χ2v) is 5.91. The van der Waals surface area contributed by atoms with Crippen molar-refractivity contribution in [2.24, 2.45) is 5.92 Å². The molecule has 0 aliphatic rings. The average molecular weight is 283 g/mol. The lowest BCUT2D eigenvalue weighted by atomic mass is 9.95. The molecule has 0 aliphatic heterocycles. The molecule has 0 fully saturated rings. The van der Waals surface area contributed by atoms with E-state index in [1.165, 1.54) is 5.56 Å². The van der Waals surface area contributed by atoms with E-state index in [4.69, 9.17) is 0 Å². The van der Waals surface area contributed by atoms with Gasteiger partial charge < -0.3 is 10.4 Å². The van der Waals surface area contributed by atoms with Crippen molar-refractivity contribution in [2.45, 2.75) is 32.4 Å². The first-order valence-electron chi connectivity index (χ1n) is 7.67. The number of aliphatic hydroxyl groups is 1. The third-order valence-corrected chi connectivity index (χ3v) is 3.70. The summed E-state index contributed by atoms with van der Waals surface area (Å²) in [5, 5.41) is 13.4. The fraction of sp³-hybridized carbons (Fsp3) is 0.368. The molecule has 2 N–H and O–H groups in total. The molecule has 1 unspecified atom stereocenters. The zero-order valence-electron chi connectivity index (χ0n) is 12.9. The summed E-state index contributed by atoms with van der Waals surface area (Å²) in [6.45, 7) is 4.56. The fourth-order valence-corrected chi connectivity index (χ4v) is 2.64. The molecule has 2 aromatic carbocycles. The van der Waals surface area contributed by atoms with Gasteiger partial charge in [-0.15, -0.1) is 0 Å². The summed E-state index contributed by atoms with van der Waals surface area (Å²) in [5.74, 6) is 0.595. The van der Waals surface area contributed by atoms with Gasteiger partial charge in [-0.1, -0.05) is 74.5 Å². The van der Waals surface area contributed by atoms with E-state index in [9.17, 15) is 5.11 Å². The summed E-state index contributed by atoms with van der Waals surface area (Å²) in [6.07, 6.45) is 1.05. The van der Waals surface area contributed by atoms with Crippen molar-refractivity contribution in [3.8, 4) is 0 Å². The Morgan fingerprint density at radius 1 is 0.810 bits per heavy atom. The van der Waals surface area contributed by atoms with Crippen LogP contribution in [-0.4, -0.2) is 11.7 Å². The zero-order valence-corrected chi connectivity index (χ0v) is 12.9. The Hall–Kier alpha value is -1.64. The molecule has 0 aromatic heterocycles. The normalized spacial score (nSPS) is 14.1. The minimum atomic E-state index is -0.0323. The van der Waals surface area contributed by atoms with Crippen LogP contribution in [0.25, 0.3) is 0 Å². The molecule has 2 atom stereocenters. The van der Waals surface area contributed by atoms with Crippen LogP contribution in [0.5, 0.6) is 0 Å². The highest BCUT2D eigenvalue weighted by Crippen LogP contribution is 2.25. The number of benzene rings is 2. The Morgan fingerprint density at radius 3 is 1.71 bits per heavy atom. The topological polar surface area (TPSA) is 32.3 Å². The molecule has 0 aliphatic carbocycles. The molecule has 0 spiro atoms. The Bertz CT molecular complexity index is 510. The van der Waals surface area contributed by atoms with Crippen molar-refractivity contribution in [3.63, 3.8) is 0 Å². The second kappa shape index (κ2) is 7.96. The molecule has 2 rings (SSSR count). The van der Waals surface area contributed by atoms with Gasteiger partial charge in [0, 0.05) is 6.04 Å². The van der Waals surface area contributed by atoms with E-state index in [-0.39, 0.29) is 18.7 Å². The predicted octanol–water partition coefficient (Wildman–Crippen LogP) is 4.10. The van der Waals surface area contributed by atoms with Crippen molar-refractivity contribution in [1.29, 1.82) is 0 Å². The van der Waals surface area contributed by atoms with Gasteiger partial charge in [0.15, 0.2) is 0 Å². The highest BCUT2D eigenvalue weighted by molar-refractivity contribution is 5.22. The van der Waals surface area contributed by atoms with Gasteiger partial charge >= 0.3 is 0 Å². The first kappa shape index (κ1) is 15.7. The lowest BCUT2D eigenvalue weighted by Gasteiger charge is -2.27. The van der Waals surface area contributed by atoms with Crippen LogP contribution >= 0.6 is 0 Å². The number of aliphatic hydroxyl groups excluding tert-OH is 1. The van der Waals surface area contributed by atoms with E-state index in [0.29, 0.717) is 5.92 Å². The van der Waals surface area contributed by atoms with Gasteiger partial charge in [0.1, 0.15) is 0 Å². The Morgan fingerprint density at radius 2 is 1.29 bits per heavy atom. The van der Waals surface area contributed by atoms with Crippen LogP contribution in [0.2, 0.25) is 0 Å². The van der Waals surface area contributed by atoms with E-state index in [2.05, 4.69) is 55.6 Å². The first-order chi connectivity index (χ1) is 10.2. The summed E-state index contributed by atoms with van der Waals surface area (Å²) in [6, 6.07) is 20.9. The molecule has 0 bridgehead atoms. The van der Waals surface area contributed by atoms with Gasteiger partial charge in [-0.2, -0.15) is 0 Å². The molecule has 2 nitrogen and oxygen atoms in total. The van der Waals surface area contributed by atoms with E-state index in [1.807, 2.05) is 24.3 Å². The highest BCUT2D eigenvalue weighted by Gasteiger charge is 2.18.